The maximum Gasteiger partial charge on any atom is 0.323 e. The SMILES string of the molecule is C1CCOC1.CN1CC2CC(Oc3cc(F)cc(NC(=O)Nc4cccnc4)c3)CN2S1(=O)=O.CN1CC2CC(Oc3cc(N)cc(F)c3)CN2S1(=O)=O. The molecule has 294 valence electrons. The molecule has 6 heterocycles. The van der Waals surface area contributed by atoms with E-state index in [0.717, 1.165) is 13.2 Å². The van der Waals surface area contributed by atoms with Crippen molar-refractivity contribution in [3.8, 4) is 11.5 Å². The number of halogens is 2. The quantitative estimate of drug-likeness (QED) is 0.313. The average molecular weight is 795 g/mol. The highest BCUT2D eigenvalue weighted by Gasteiger charge is 2.49. The van der Waals surface area contributed by atoms with Gasteiger partial charge in [0.1, 0.15) is 35.3 Å². The number of nitrogen functional groups attached to an aromatic ring is 1. The van der Waals surface area contributed by atoms with Crippen LogP contribution in [0.1, 0.15) is 25.7 Å². The Balaban J connectivity index is 0.000000171. The van der Waals surface area contributed by atoms with Gasteiger partial charge in [0, 0.05) is 107 Å². The maximum atomic E-state index is 14.0. The molecule has 0 saturated carbocycles. The summed E-state index contributed by atoms with van der Waals surface area (Å²) < 4.78 is 97.6. The van der Waals surface area contributed by atoms with Crippen LogP contribution in [-0.2, 0) is 25.2 Å². The van der Waals surface area contributed by atoms with Gasteiger partial charge in [0.05, 0.1) is 25.0 Å². The van der Waals surface area contributed by atoms with Crippen molar-refractivity contribution in [1.82, 2.24) is 22.2 Å². The van der Waals surface area contributed by atoms with Crippen LogP contribution in [0, 0.1) is 11.6 Å². The van der Waals surface area contributed by atoms with E-state index >= 15 is 0 Å². The van der Waals surface area contributed by atoms with Gasteiger partial charge in [-0.2, -0.15) is 34.1 Å². The normalized spacial score (nSPS) is 25.8. The van der Waals surface area contributed by atoms with Crippen molar-refractivity contribution in [3.63, 3.8) is 0 Å². The number of carbonyl (C=O) groups excluding carboxylic acids is 1. The van der Waals surface area contributed by atoms with Gasteiger partial charge in [-0.25, -0.2) is 13.6 Å². The minimum atomic E-state index is -3.45. The molecule has 5 aliphatic heterocycles. The molecule has 20 heteroatoms. The van der Waals surface area contributed by atoms with Crippen molar-refractivity contribution in [2.75, 3.05) is 69.9 Å². The van der Waals surface area contributed by atoms with Gasteiger partial charge in [0.15, 0.2) is 0 Å². The predicted molar refractivity (Wildman–Crippen MR) is 196 cm³/mol. The highest BCUT2D eigenvalue weighted by molar-refractivity contribution is 7.87. The van der Waals surface area contributed by atoms with Gasteiger partial charge < -0.3 is 30.6 Å². The number of hydrogen-bond acceptors (Lipinski definition) is 10. The summed E-state index contributed by atoms with van der Waals surface area (Å²) in [5, 5.41) is 5.13. The Hall–Kier alpha value is -4.18. The Bertz CT molecular complexity index is 1990. The van der Waals surface area contributed by atoms with Crippen LogP contribution < -0.4 is 25.8 Å². The zero-order valence-corrected chi connectivity index (χ0v) is 31.4. The van der Waals surface area contributed by atoms with E-state index in [9.17, 15) is 30.4 Å². The van der Waals surface area contributed by atoms with E-state index in [4.69, 9.17) is 19.9 Å². The molecule has 16 nitrogen and oxygen atoms in total. The summed E-state index contributed by atoms with van der Waals surface area (Å²) in [5.41, 5.74) is 6.55. The first-order valence-corrected chi connectivity index (χ1v) is 20.2. The first kappa shape index (κ1) is 39.5. The summed E-state index contributed by atoms with van der Waals surface area (Å²) in [6.45, 7) is 3.37. The zero-order valence-electron chi connectivity index (χ0n) is 29.8. The summed E-state index contributed by atoms with van der Waals surface area (Å²) in [6, 6.07) is 10.4. The molecule has 4 atom stereocenters. The van der Waals surface area contributed by atoms with Crippen LogP contribution in [-0.4, -0.2) is 123 Å². The number of urea groups is 1. The number of rotatable bonds is 6. The van der Waals surface area contributed by atoms with Crippen molar-refractivity contribution in [2.24, 2.45) is 0 Å². The van der Waals surface area contributed by atoms with Crippen molar-refractivity contribution in [3.05, 3.63) is 72.6 Å². The first-order valence-electron chi connectivity index (χ1n) is 17.4. The fourth-order valence-corrected chi connectivity index (χ4v) is 10.1. The number of nitrogens with one attached hydrogen (secondary N) is 2. The molecule has 4 N–H and O–H groups in total. The van der Waals surface area contributed by atoms with Gasteiger partial charge in [-0.3, -0.25) is 4.98 Å². The first-order chi connectivity index (χ1) is 25.7. The number of amides is 2. The van der Waals surface area contributed by atoms with Gasteiger partial charge in [-0.15, -0.1) is 0 Å². The third-order valence-corrected chi connectivity index (χ3v) is 13.3. The number of carbonyl (C=O) groups is 1. The van der Waals surface area contributed by atoms with Gasteiger partial charge in [0.25, 0.3) is 20.4 Å². The molecule has 4 unspecified atom stereocenters. The van der Waals surface area contributed by atoms with E-state index in [1.807, 2.05) is 0 Å². The number of fused-ring (bicyclic) bond motifs is 2. The Kier molecular flexibility index (Phi) is 12.2. The van der Waals surface area contributed by atoms with Crippen LogP contribution in [0.3, 0.4) is 0 Å². The van der Waals surface area contributed by atoms with Crippen LogP contribution >= 0.6 is 0 Å². The molecule has 54 heavy (non-hydrogen) atoms. The molecule has 0 spiro atoms. The lowest BCUT2D eigenvalue weighted by atomic mass is 10.2. The molecule has 1 aromatic heterocycles. The number of anilines is 3. The molecule has 2 aromatic carbocycles. The molecule has 5 saturated heterocycles. The Labute approximate surface area is 313 Å². The Morgan fingerprint density at radius 1 is 0.796 bits per heavy atom. The van der Waals surface area contributed by atoms with Crippen LogP contribution in [0.2, 0.25) is 0 Å². The van der Waals surface area contributed by atoms with E-state index in [2.05, 4.69) is 15.6 Å². The average Bonchev–Trinajstić information content (AvgIpc) is 3.92. The second kappa shape index (κ2) is 16.7. The molecule has 3 aromatic rings. The topological polar surface area (TPSA) is 189 Å². The van der Waals surface area contributed by atoms with E-state index in [0.29, 0.717) is 37.4 Å². The lowest BCUT2D eigenvalue weighted by Crippen LogP contribution is -2.34. The summed E-state index contributed by atoms with van der Waals surface area (Å²) in [6.07, 6.45) is 6.07. The number of nitrogens with two attached hydrogens (primary N) is 1. The Morgan fingerprint density at radius 2 is 1.33 bits per heavy atom. The third-order valence-electron chi connectivity index (χ3n) is 9.34. The van der Waals surface area contributed by atoms with E-state index in [1.54, 1.807) is 32.4 Å². The van der Waals surface area contributed by atoms with Crippen molar-refractivity contribution >= 4 is 43.5 Å². The number of ether oxygens (including phenoxy) is 3. The number of benzene rings is 2. The summed E-state index contributed by atoms with van der Waals surface area (Å²) in [7, 11) is -3.69. The maximum absolute atomic E-state index is 14.0. The lowest BCUT2D eigenvalue weighted by molar-refractivity contribution is 0.198. The van der Waals surface area contributed by atoms with Crippen LogP contribution in [0.25, 0.3) is 0 Å². The predicted octanol–water partition coefficient (Wildman–Crippen LogP) is 3.09. The molecule has 8 rings (SSSR count). The molecule has 5 fully saturated rings. The minimum absolute atomic E-state index is 0.0686. The molecular formula is C34H44F2N8O8S2. The van der Waals surface area contributed by atoms with Crippen molar-refractivity contribution in [2.45, 2.75) is 50.0 Å². The van der Waals surface area contributed by atoms with E-state index in [1.165, 1.54) is 72.7 Å². The lowest BCUT2D eigenvalue weighted by Gasteiger charge is -2.18. The second-order valence-electron chi connectivity index (χ2n) is 13.5. The number of likely N-dealkylation sites (N-methyl/N-ethyl adjacent to an activating group) is 2. The van der Waals surface area contributed by atoms with E-state index in [-0.39, 0.29) is 54.5 Å². The number of aromatic nitrogens is 1. The summed E-state index contributed by atoms with van der Waals surface area (Å²) >= 11 is 0. The molecule has 0 radical (unpaired) electrons. The smallest absolute Gasteiger partial charge is 0.323 e. The van der Waals surface area contributed by atoms with E-state index < -0.39 is 38.1 Å². The molecule has 0 aliphatic carbocycles. The highest BCUT2D eigenvalue weighted by atomic mass is 32.2. The van der Waals surface area contributed by atoms with Crippen LogP contribution in [0.4, 0.5) is 30.6 Å². The molecule has 0 bridgehead atoms. The Morgan fingerprint density at radius 3 is 1.81 bits per heavy atom. The molecule has 2 amide bonds. The van der Waals surface area contributed by atoms with Crippen LogP contribution in [0.15, 0.2) is 60.9 Å². The van der Waals surface area contributed by atoms with Gasteiger partial charge in [0.2, 0.25) is 0 Å². The van der Waals surface area contributed by atoms with Gasteiger partial charge in [-0.1, -0.05) is 0 Å². The zero-order chi connectivity index (χ0) is 38.6. The van der Waals surface area contributed by atoms with Crippen molar-refractivity contribution in [1.29, 1.82) is 0 Å². The number of nitrogens with zero attached hydrogens (tertiary/aromatic N) is 5. The number of pyridine rings is 1. The largest absolute Gasteiger partial charge is 0.489 e. The standard InChI is InChI=1S/C18H20FN5O4S.C12H16FN3O3S.C4H8O/c1-23-10-15-8-17(11-24(15)29(23,26)27)28-16-6-12(19)5-14(7-16)22-18(25)21-13-3-2-4-20-9-13;1-15-6-10-5-12(7-16(10)20(15,17)18)19-11-3-8(13)2-9(14)4-11;1-2-4-5-3-1/h2-7,9,15,17H,8,10-11H2,1H3,(H2,21,22,25);2-4,10,12H,5-7,14H2,1H3;1-4H2. The highest BCUT2D eigenvalue weighted by Crippen LogP contribution is 2.34. The van der Waals surface area contributed by atoms with Gasteiger partial charge in [-0.05, 0) is 37.1 Å². The molecule has 5 aliphatic rings. The number of hydrogen-bond donors (Lipinski definition) is 3. The third kappa shape index (κ3) is 9.54. The monoisotopic (exact) mass is 794 g/mol. The van der Waals surface area contributed by atoms with Crippen molar-refractivity contribution < 1.29 is 44.6 Å². The van der Waals surface area contributed by atoms with Crippen LogP contribution in [0.5, 0.6) is 11.5 Å². The summed E-state index contributed by atoms with van der Waals surface area (Å²) in [4.78, 5) is 16.0. The fourth-order valence-electron chi connectivity index (χ4n) is 6.88. The minimum Gasteiger partial charge on any atom is -0.489 e. The summed E-state index contributed by atoms with van der Waals surface area (Å²) in [5.74, 6) is -0.492. The van der Waals surface area contributed by atoms with Gasteiger partial charge >= 0.3 is 6.03 Å². The molecular weight excluding hydrogens is 751 g/mol. The second-order valence-corrected chi connectivity index (χ2v) is 17.5. The fraction of sp³-hybridized carbons (Fsp3) is 0.471.